The molecule has 0 bridgehead atoms. The third-order valence-corrected chi connectivity index (χ3v) is 4.58. The molecule has 1 fully saturated rings. The number of rotatable bonds is 6. The van der Waals surface area contributed by atoms with Crippen LogP contribution in [-0.4, -0.2) is 48.2 Å². The minimum Gasteiger partial charge on any atom is -0.481 e. The number of methoxy groups -OCH3 is 1. The van der Waals surface area contributed by atoms with E-state index in [4.69, 9.17) is 9.47 Å². The number of pyridine rings is 1. The first-order chi connectivity index (χ1) is 13.0. The van der Waals surface area contributed by atoms with E-state index in [9.17, 15) is 4.79 Å². The highest BCUT2D eigenvalue weighted by molar-refractivity contribution is 5.94. The highest BCUT2D eigenvalue weighted by Gasteiger charge is 2.22. The maximum atomic E-state index is 12.4. The lowest BCUT2D eigenvalue weighted by molar-refractivity contribution is -0.0704. The number of hydrogen-bond acceptors (Lipinski definition) is 5. The average Bonchev–Trinajstić information content (AvgIpc) is 2.66. The van der Waals surface area contributed by atoms with Crippen molar-refractivity contribution in [3.63, 3.8) is 0 Å². The normalized spacial score (nSPS) is 20.3. The number of hydrogen-bond donors (Lipinski definition) is 1. The van der Waals surface area contributed by atoms with E-state index in [-0.39, 0.29) is 18.1 Å². The molecule has 0 spiro atoms. The van der Waals surface area contributed by atoms with Gasteiger partial charge in [0.1, 0.15) is 0 Å². The number of ether oxygens (including phenoxy) is 2. The van der Waals surface area contributed by atoms with Gasteiger partial charge in [-0.2, -0.15) is 0 Å². The molecule has 144 valence electrons. The SMILES string of the molecule is COc1cc(CNC(=O)c2ccc(CN3C[C@@H](C)O[C@H](C)C3)cc2)ccn1. The molecule has 6 nitrogen and oxygen atoms in total. The molecule has 0 unspecified atom stereocenters. The Morgan fingerprint density at radius 1 is 1.19 bits per heavy atom. The Kier molecular flexibility index (Phi) is 6.42. The highest BCUT2D eigenvalue weighted by Crippen LogP contribution is 2.15. The molecule has 3 rings (SSSR count). The molecular formula is C21H27N3O3. The highest BCUT2D eigenvalue weighted by atomic mass is 16.5. The topological polar surface area (TPSA) is 63.7 Å². The molecule has 2 heterocycles. The largest absolute Gasteiger partial charge is 0.481 e. The number of nitrogens with one attached hydrogen (secondary N) is 1. The Morgan fingerprint density at radius 3 is 2.56 bits per heavy atom. The predicted octanol–water partition coefficient (Wildman–Crippen LogP) is 2.63. The lowest BCUT2D eigenvalue weighted by Crippen LogP contribution is -2.44. The Hall–Kier alpha value is -2.44. The first kappa shape index (κ1) is 19.3. The summed E-state index contributed by atoms with van der Waals surface area (Å²) < 4.78 is 10.9. The van der Waals surface area contributed by atoms with Crippen molar-refractivity contribution in [1.82, 2.24) is 15.2 Å². The number of aromatic nitrogens is 1. The quantitative estimate of drug-likeness (QED) is 0.848. The molecule has 1 saturated heterocycles. The molecule has 1 aliphatic rings. The van der Waals surface area contributed by atoms with Crippen LogP contribution in [0.25, 0.3) is 0 Å². The van der Waals surface area contributed by atoms with E-state index in [0.717, 1.165) is 25.2 Å². The lowest BCUT2D eigenvalue weighted by atomic mass is 10.1. The van der Waals surface area contributed by atoms with E-state index in [1.165, 1.54) is 5.56 Å². The monoisotopic (exact) mass is 369 g/mol. The van der Waals surface area contributed by atoms with Gasteiger partial charge in [-0.15, -0.1) is 0 Å². The van der Waals surface area contributed by atoms with Gasteiger partial charge in [-0.25, -0.2) is 4.98 Å². The lowest BCUT2D eigenvalue weighted by Gasteiger charge is -2.35. The van der Waals surface area contributed by atoms with Crippen LogP contribution in [0.2, 0.25) is 0 Å². The van der Waals surface area contributed by atoms with Gasteiger partial charge in [0.15, 0.2) is 0 Å². The molecule has 6 heteroatoms. The van der Waals surface area contributed by atoms with Crippen LogP contribution in [0.1, 0.15) is 35.3 Å². The number of carbonyl (C=O) groups excluding carboxylic acids is 1. The van der Waals surface area contributed by atoms with Gasteiger partial charge in [-0.3, -0.25) is 9.69 Å². The first-order valence-electron chi connectivity index (χ1n) is 9.27. The van der Waals surface area contributed by atoms with Crippen molar-refractivity contribution in [2.75, 3.05) is 20.2 Å². The van der Waals surface area contributed by atoms with Crippen LogP contribution >= 0.6 is 0 Å². The maximum Gasteiger partial charge on any atom is 0.251 e. The van der Waals surface area contributed by atoms with E-state index in [0.29, 0.717) is 18.0 Å². The first-order valence-corrected chi connectivity index (χ1v) is 9.27. The van der Waals surface area contributed by atoms with Crippen molar-refractivity contribution in [2.24, 2.45) is 0 Å². The van der Waals surface area contributed by atoms with Gasteiger partial charge >= 0.3 is 0 Å². The summed E-state index contributed by atoms with van der Waals surface area (Å²) in [5, 5.41) is 2.93. The van der Waals surface area contributed by atoms with Crippen molar-refractivity contribution < 1.29 is 14.3 Å². The zero-order chi connectivity index (χ0) is 19.2. The summed E-state index contributed by atoms with van der Waals surface area (Å²) in [7, 11) is 1.57. The molecule has 2 aromatic rings. The van der Waals surface area contributed by atoms with Gasteiger partial charge < -0.3 is 14.8 Å². The predicted molar refractivity (Wildman–Crippen MR) is 104 cm³/mol. The fourth-order valence-electron chi connectivity index (χ4n) is 3.39. The van der Waals surface area contributed by atoms with Gasteiger partial charge in [0, 0.05) is 44.0 Å². The van der Waals surface area contributed by atoms with E-state index in [1.54, 1.807) is 13.3 Å². The molecule has 1 aromatic carbocycles. The van der Waals surface area contributed by atoms with E-state index in [2.05, 4.69) is 29.0 Å². The third-order valence-electron chi connectivity index (χ3n) is 4.58. The molecule has 0 aliphatic carbocycles. The van der Waals surface area contributed by atoms with Crippen LogP contribution in [0, 0.1) is 0 Å². The third kappa shape index (κ3) is 5.52. The average molecular weight is 369 g/mol. The second-order valence-electron chi connectivity index (χ2n) is 7.04. The van der Waals surface area contributed by atoms with Gasteiger partial charge in [0.25, 0.3) is 5.91 Å². The van der Waals surface area contributed by atoms with Crippen LogP contribution in [0.4, 0.5) is 0 Å². The van der Waals surface area contributed by atoms with Crippen LogP contribution in [-0.2, 0) is 17.8 Å². The van der Waals surface area contributed by atoms with Gasteiger partial charge in [0.2, 0.25) is 5.88 Å². The molecule has 1 N–H and O–H groups in total. The van der Waals surface area contributed by atoms with Crippen LogP contribution < -0.4 is 10.1 Å². The van der Waals surface area contributed by atoms with Crippen LogP contribution in [0.15, 0.2) is 42.6 Å². The van der Waals surface area contributed by atoms with Gasteiger partial charge in [-0.05, 0) is 43.2 Å². The molecule has 0 radical (unpaired) electrons. The van der Waals surface area contributed by atoms with Crippen molar-refractivity contribution >= 4 is 5.91 Å². The fourth-order valence-corrected chi connectivity index (χ4v) is 3.39. The minimum atomic E-state index is -0.0917. The molecule has 2 atom stereocenters. The summed E-state index contributed by atoms with van der Waals surface area (Å²) >= 11 is 0. The standard InChI is InChI=1S/C21H27N3O3/c1-15-12-24(13-16(2)27-15)14-17-4-6-19(7-5-17)21(25)23-11-18-8-9-22-20(10-18)26-3/h4-10,15-16H,11-14H2,1-3H3,(H,23,25)/t15-,16-/m1/s1. The second kappa shape index (κ2) is 8.97. The smallest absolute Gasteiger partial charge is 0.251 e. The van der Waals surface area contributed by atoms with E-state index < -0.39 is 0 Å². The second-order valence-corrected chi connectivity index (χ2v) is 7.04. The summed E-state index contributed by atoms with van der Waals surface area (Å²) in [5.41, 5.74) is 2.80. The van der Waals surface area contributed by atoms with Crippen LogP contribution in [0.3, 0.4) is 0 Å². The van der Waals surface area contributed by atoms with Gasteiger partial charge in [0.05, 0.1) is 19.3 Å². The summed E-state index contributed by atoms with van der Waals surface area (Å²) in [4.78, 5) is 18.8. The Morgan fingerprint density at radius 2 is 1.89 bits per heavy atom. The van der Waals surface area contributed by atoms with E-state index in [1.807, 2.05) is 36.4 Å². The molecule has 27 heavy (non-hydrogen) atoms. The maximum absolute atomic E-state index is 12.4. The fraction of sp³-hybridized carbons (Fsp3) is 0.429. The number of amides is 1. The molecular weight excluding hydrogens is 342 g/mol. The zero-order valence-corrected chi connectivity index (χ0v) is 16.1. The number of carbonyl (C=O) groups is 1. The molecule has 1 amide bonds. The Balaban J connectivity index is 1.54. The summed E-state index contributed by atoms with van der Waals surface area (Å²) in [5.74, 6) is 0.448. The zero-order valence-electron chi connectivity index (χ0n) is 16.1. The van der Waals surface area contributed by atoms with Gasteiger partial charge in [-0.1, -0.05) is 12.1 Å². The number of morpholine rings is 1. The summed E-state index contributed by atoms with van der Waals surface area (Å²) in [6.07, 6.45) is 2.18. The molecule has 1 aliphatic heterocycles. The minimum absolute atomic E-state index is 0.0917. The van der Waals surface area contributed by atoms with Crippen molar-refractivity contribution in [1.29, 1.82) is 0 Å². The number of benzene rings is 1. The Labute approximate surface area is 160 Å². The van der Waals surface area contributed by atoms with E-state index >= 15 is 0 Å². The summed E-state index contributed by atoms with van der Waals surface area (Å²) in [6, 6.07) is 11.5. The van der Waals surface area contributed by atoms with Crippen LogP contribution in [0.5, 0.6) is 5.88 Å². The number of nitrogens with zero attached hydrogens (tertiary/aromatic N) is 2. The van der Waals surface area contributed by atoms with Crippen molar-refractivity contribution in [2.45, 2.75) is 39.1 Å². The molecule has 1 aromatic heterocycles. The molecule has 0 saturated carbocycles. The Bertz CT molecular complexity index is 754. The summed E-state index contributed by atoms with van der Waals surface area (Å²) in [6.45, 7) is 7.38. The van der Waals surface area contributed by atoms with Crippen molar-refractivity contribution in [3.05, 3.63) is 59.3 Å². The van der Waals surface area contributed by atoms with Crippen molar-refractivity contribution in [3.8, 4) is 5.88 Å².